The molecule has 1 aliphatic heterocycles. The van der Waals surface area contributed by atoms with Crippen LogP contribution in [0.3, 0.4) is 0 Å². The molecule has 8 heteroatoms. The van der Waals surface area contributed by atoms with Gasteiger partial charge in [0.2, 0.25) is 5.91 Å². The third kappa shape index (κ3) is 4.12. The van der Waals surface area contributed by atoms with E-state index in [1.54, 1.807) is 30.1 Å². The molecule has 1 unspecified atom stereocenters. The molecule has 0 radical (unpaired) electrons. The summed E-state index contributed by atoms with van der Waals surface area (Å²) in [6, 6.07) is 6.61. The lowest BCUT2D eigenvalue weighted by Gasteiger charge is -2.21. The highest BCUT2D eigenvalue weighted by molar-refractivity contribution is 7.90. The van der Waals surface area contributed by atoms with Crippen LogP contribution in [0.5, 0.6) is 0 Å². The van der Waals surface area contributed by atoms with Gasteiger partial charge in [0.15, 0.2) is 0 Å². The number of hydrogen-bond donors (Lipinski definition) is 2. The van der Waals surface area contributed by atoms with Crippen molar-refractivity contribution in [3.63, 3.8) is 0 Å². The van der Waals surface area contributed by atoms with E-state index < -0.39 is 10.0 Å². The number of benzene rings is 1. The van der Waals surface area contributed by atoms with Gasteiger partial charge in [-0.25, -0.2) is 8.42 Å². The third-order valence-corrected chi connectivity index (χ3v) is 5.51. The topological polar surface area (TPSA) is 105 Å². The fourth-order valence-electron chi connectivity index (χ4n) is 2.32. The van der Waals surface area contributed by atoms with Crippen LogP contribution in [-0.4, -0.2) is 51.2 Å². The van der Waals surface area contributed by atoms with Gasteiger partial charge in [0.1, 0.15) is 12.4 Å². The van der Waals surface area contributed by atoms with Gasteiger partial charge >= 0.3 is 0 Å². The molecule has 1 atom stereocenters. The van der Waals surface area contributed by atoms with Crippen LogP contribution in [0.25, 0.3) is 0 Å². The van der Waals surface area contributed by atoms with Crippen molar-refractivity contribution in [3.05, 3.63) is 29.8 Å². The highest BCUT2D eigenvalue weighted by atomic mass is 32.2. The quantitative estimate of drug-likeness (QED) is 0.780. The molecule has 2 rings (SSSR count). The van der Waals surface area contributed by atoms with Gasteiger partial charge < -0.3 is 10.6 Å². The predicted molar refractivity (Wildman–Crippen MR) is 93.2 cm³/mol. The average molecular weight is 352 g/mol. The number of nitrogens with zero attached hydrogens (tertiary/aromatic N) is 2. The zero-order valence-corrected chi connectivity index (χ0v) is 15.0. The maximum atomic E-state index is 12.2. The Morgan fingerprint density at radius 2 is 2.00 bits per heavy atom. The van der Waals surface area contributed by atoms with Crippen molar-refractivity contribution in [2.45, 2.75) is 31.2 Å². The number of nitrogens with one attached hydrogen (secondary N) is 1. The first-order chi connectivity index (χ1) is 11.2. The van der Waals surface area contributed by atoms with Crippen molar-refractivity contribution in [2.24, 2.45) is 16.6 Å². The van der Waals surface area contributed by atoms with E-state index in [1.165, 1.54) is 6.07 Å². The molecule has 0 saturated heterocycles. The van der Waals surface area contributed by atoms with Crippen LogP contribution in [0.15, 0.2) is 34.2 Å². The Morgan fingerprint density at radius 1 is 1.33 bits per heavy atom. The van der Waals surface area contributed by atoms with Crippen molar-refractivity contribution < 1.29 is 13.2 Å². The zero-order valence-electron chi connectivity index (χ0n) is 14.2. The lowest BCUT2D eigenvalue weighted by atomic mass is 10.0. The Hall–Kier alpha value is -1.93. The van der Waals surface area contributed by atoms with Crippen LogP contribution in [0.4, 0.5) is 0 Å². The summed E-state index contributed by atoms with van der Waals surface area (Å²) in [5.74, 6) is 0.395. The van der Waals surface area contributed by atoms with Crippen molar-refractivity contribution in [1.82, 2.24) is 9.62 Å². The highest BCUT2D eigenvalue weighted by Crippen LogP contribution is 2.22. The maximum Gasteiger partial charge on any atom is 0.263 e. The molecule has 1 amide bonds. The summed E-state index contributed by atoms with van der Waals surface area (Å²) in [6.07, 6.45) is 0.714. The van der Waals surface area contributed by atoms with Gasteiger partial charge in [0.05, 0.1) is 4.90 Å². The van der Waals surface area contributed by atoms with Gasteiger partial charge in [-0.2, -0.15) is 0 Å². The number of carbonyl (C=O) groups is 1. The van der Waals surface area contributed by atoms with Crippen molar-refractivity contribution in [2.75, 3.05) is 20.1 Å². The number of sulfonamides is 1. The first-order valence-electron chi connectivity index (χ1n) is 7.88. The summed E-state index contributed by atoms with van der Waals surface area (Å²) < 4.78 is 26.4. The molecular formula is C16H24N4O3S. The SMILES string of the molecule is CC(C)C(N)CCN(C)C(=O)CN=C1NS(=O)(=O)c2ccccc21. The molecule has 132 valence electrons. The van der Waals surface area contributed by atoms with E-state index in [2.05, 4.69) is 9.71 Å². The minimum Gasteiger partial charge on any atom is -0.344 e. The Morgan fingerprint density at radius 3 is 2.67 bits per heavy atom. The third-order valence-electron chi connectivity index (χ3n) is 4.12. The Bertz CT molecular complexity index is 743. The van der Waals surface area contributed by atoms with Crippen LogP contribution >= 0.6 is 0 Å². The molecule has 1 aromatic carbocycles. The van der Waals surface area contributed by atoms with Crippen LogP contribution in [0.2, 0.25) is 0 Å². The van der Waals surface area contributed by atoms with E-state index in [0.717, 1.165) is 0 Å². The normalized spacial score (nSPS) is 18.3. The first-order valence-corrected chi connectivity index (χ1v) is 9.37. The second-order valence-electron chi connectivity index (χ2n) is 6.28. The van der Waals surface area contributed by atoms with Crippen molar-refractivity contribution in [3.8, 4) is 0 Å². The molecular weight excluding hydrogens is 328 g/mol. The number of amidine groups is 1. The summed E-state index contributed by atoms with van der Waals surface area (Å²) in [5.41, 5.74) is 6.47. The van der Waals surface area contributed by atoms with E-state index in [1.807, 2.05) is 13.8 Å². The minimum atomic E-state index is -3.58. The monoisotopic (exact) mass is 352 g/mol. The molecule has 0 bridgehead atoms. The molecule has 0 spiro atoms. The molecule has 0 aliphatic carbocycles. The molecule has 0 aromatic heterocycles. The summed E-state index contributed by atoms with van der Waals surface area (Å²) in [7, 11) is -1.88. The van der Waals surface area contributed by atoms with Crippen molar-refractivity contribution >= 4 is 21.8 Å². The van der Waals surface area contributed by atoms with Gasteiger partial charge in [0, 0.05) is 25.2 Å². The molecule has 0 fully saturated rings. The van der Waals surface area contributed by atoms with Crippen LogP contribution in [-0.2, 0) is 14.8 Å². The summed E-state index contributed by atoms with van der Waals surface area (Å²) in [6.45, 7) is 4.52. The summed E-state index contributed by atoms with van der Waals surface area (Å²) >= 11 is 0. The second kappa shape index (κ2) is 7.31. The Balaban J connectivity index is 2.00. The van der Waals surface area contributed by atoms with Crippen molar-refractivity contribution in [1.29, 1.82) is 0 Å². The maximum absolute atomic E-state index is 12.2. The molecule has 24 heavy (non-hydrogen) atoms. The van der Waals surface area contributed by atoms with Crippen LogP contribution in [0.1, 0.15) is 25.8 Å². The van der Waals surface area contributed by atoms with E-state index in [0.29, 0.717) is 24.4 Å². The predicted octanol–water partition coefficient (Wildman–Crippen LogP) is 0.557. The average Bonchev–Trinajstić information content (AvgIpc) is 2.81. The molecule has 1 heterocycles. The minimum absolute atomic E-state index is 0.0417. The second-order valence-corrected chi connectivity index (χ2v) is 7.93. The lowest BCUT2D eigenvalue weighted by Crippen LogP contribution is -2.36. The number of fused-ring (bicyclic) bond motifs is 1. The van der Waals surface area contributed by atoms with Gasteiger partial charge in [0.25, 0.3) is 10.0 Å². The van der Waals surface area contributed by atoms with Gasteiger partial charge in [-0.3, -0.25) is 14.5 Å². The number of likely N-dealkylation sites (N-methyl/N-ethyl adjacent to an activating group) is 1. The standard InChI is InChI=1S/C16H24N4O3S/c1-11(2)13(17)8-9-20(3)15(21)10-18-16-12-6-4-5-7-14(12)24(22,23)19-16/h4-7,11,13H,8-10,17H2,1-3H3,(H,18,19). The number of amides is 1. The van der Waals surface area contributed by atoms with E-state index in [9.17, 15) is 13.2 Å². The van der Waals surface area contributed by atoms with Gasteiger partial charge in [-0.1, -0.05) is 26.0 Å². The first kappa shape index (κ1) is 18.4. The van der Waals surface area contributed by atoms with Gasteiger partial charge in [-0.05, 0) is 24.5 Å². The summed E-state index contributed by atoms with van der Waals surface area (Å²) in [4.78, 5) is 18.1. The van der Waals surface area contributed by atoms with Gasteiger partial charge in [-0.15, -0.1) is 0 Å². The van der Waals surface area contributed by atoms with E-state index >= 15 is 0 Å². The van der Waals surface area contributed by atoms with Crippen LogP contribution in [0, 0.1) is 5.92 Å². The van der Waals surface area contributed by atoms with E-state index in [-0.39, 0.29) is 29.2 Å². The number of hydrogen-bond acceptors (Lipinski definition) is 5. The lowest BCUT2D eigenvalue weighted by molar-refractivity contribution is -0.128. The van der Waals surface area contributed by atoms with Crippen LogP contribution < -0.4 is 10.5 Å². The molecule has 3 N–H and O–H groups in total. The fourth-order valence-corrected chi connectivity index (χ4v) is 3.57. The molecule has 7 nitrogen and oxygen atoms in total. The Labute approximate surface area is 143 Å². The number of rotatable bonds is 6. The largest absolute Gasteiger partial charge is 0.344 e. The Kier molecular flexibility index (Phi) is 5.61. The smallest absolute Gasteiger partial charge is 0.263 e. The fraction of sp³-hybridized carbons (Fsp3) is 0.500. The van der Waals surface area contributed by atoms with E-state index in [4.69, 9.17) is 5.73 Å². The number of carbonyl (C=O) groups excluding carboxylic acids is 1. The molecule has 0 saturated carbocycles. The zero-order chi connectivity index (χ0) is 17.9. The molecule has 1 aromatic rings. The number of aliphatic imine (C=N–C) groups is 1. The molecule has 1 aliphatic rings. The highest BCUT2D eigenvalue weighted by Gasteiger charge is 2.30. The summed E-state index contributed by atoms with van der Waals surface area (Å²) in [5, 5.41) is 0. The number of nitrogens with two attached hydrogens (primary N) is 1.